The Morgan fingerprint density at radius 3 is 2.50 bits per heavy atom. The molecule has 4 atom stereocenters. The fourth-order valence-electron chi connectivity index (χ4n) is 7.24. The first-order chi connectivity index (χ1) is 24.9. The smallest absolute Gasteiger partial charge is 0.363 e. The molecular formula is C35H37FN5O10P. The molecule has 4 heterocycles. The summed E-state index contributed by atoms with van der Waals surface area (Å²) < 4.78 is 42.3. The fraction of sp³-hybridized carbons (Fsp3) is 0.400. The molecule has 15 nitrogen and oxygen atoms in total. The lowest BCUT2D eigenvalue weighted by atomic mass is 10.0. The SMILES string of the molecule is COc1ccc2onc(C(=O)N3CC[C@H]4CC[C@@H](C(=O)N5CCOCC5)N4C(=O)[C@@H](NC(=O)c4ccc5ccc(C(F)P(=O)(O)O)cc5c4)C3)c2c1. The number of nitrogens with one attached hydrogen (secondary N) is 1. The van der Waals surface area contributed by atoms with Crippen molar-refractivity contribution in [2.24, 2.45) is 0 Å². The van der Waals surface area contributed by atoms with Gasteiger partial charge in [-0.3, -0.25) is 23.7 Å². The molecule has 0 spiro atoms. The van der Waals surface area contributed by atoms with Crippen LogP contribution in [0.3, 0.4) is 0 Å². The van der Waals surface area contributed by atoms with Crippen molar-refractivity contribution < 1.29 is 51.9 Å². The number of methoxy groups -OCH3 is 1. The highest BCUT2D eigenvalue weighted by Crippen LogP contribution is 2.53. The summed E-state index contributed by atoms with van der Waals surface area (Å²) in [5.74, 6) is -3.97. The van der Waals surface area contributed by atoms with Gasteiger partial charge in [0.1, 0.15) is 17.8 Å². The van der Waals surface area contributed by atoms with E-state index in [4.69, 9.17) is 14.0 Å². The van der Waals surface area contributed by atoms with E-state index in [1.54, 1.807) is 34.1 Å². The Morgan fingerprint density at radius 1 is 0.981 bits per heavy atom. The van der Waals surface area contributed by atoms with E-state index in [1.165, 1.54) is 42.3 Å². The number of morpholine rings is 1. The van der Waals surface area contributed by atoms with E-state index in [0.29, 0.717) is 73.1 Å². The molecule has 0 saturated carbocycles. The number of halogens is 1. The van der Waals surface area contributed by atoms with E-state index in [9.17, 15) is 37.9 Å². The first-order valence-electron chi connectivity index (χ1n) is 16.9. The van der Waals surface area contributed by atoms with Crippen LogP contribution in [-0.4, -0.2) is 118 Å². The predicted molar refractivity (Wildman–Crippen MR) is 183 cm³/mol. The summed E-state index contributed by atoms with van der Waals surface area (Å²) in [6, 6.07) is 11.0. The van der Waals surface area contributed by atoms with Crippen LogP contribution in [-0.2, 0) is 18.9 Å². The molecular weight excluding hydrogens is 700 g/mol. The average molecular weight is 738 g/mol. The molecule has 1 aromatic heterocycles. The van der Waals surface area contributed by atoms with Crippen molar-refractivity contribution in [1.29, 1.82) is 0 Å². The van der Waals surface area contributed by atoms with Crippen LogP contribution in [0.4, 0.5) is 4.39 Å². The van der Waals surface area contributed by atoms with Crippen molar-refractivity contribution in [3.05, 3.63) is 71.4 Å². The van der Waals surface area contributed by atoms with Gasteiger partial charge in [0.05, 0.1) is 32.3 Å². The van der Waals surface area contributed by atoms with Crippen molar-refractivity contribution in [3.63, 3.8) is 0 Å². The van der Waals surface area contributed by atoms with Crippen LogP contribution in [0.1, 0.15) is 51.6 Å². The van der Waals surface area contributed by atoms with Gasteiger partial charge in [-0.15, -0.1) is 0 Å². The molecule has 3 saturated heterocycles. The number of ether oxygens (including phenoxy) is 2. The third kappa shape index (κ3) is 6.86. The minimum Gasteiger partial charge on any atom is -0.497 e. The predicted octanol–water partition coefficient (Wildman–Crippen LogP) is 3.00. The van der Waals surface area contributed by atoms with Gasteiger partial charge in [-0.1, -0.05) is 23.4 Å². The first-order valence-corrected chi connectivity index (χ1v) is 18.6. The van der Waals surface area contributed by atoms with Gasteiger partial charge in [-0.2, -0.15) is 0 Å². The van der Waals surface area contributed by atoms with Crippen LogP contribution in [0, 0.1) is 0 Å². The highest BCUT2D eigenvalue weighted by molar-refractivity contribution is 7.51. The zero-order valence-corrected chi connectivity index (χ0v) is 29.0. The van der Waals surface area contributed by atoms with E-state index >= 15 is 0 Å². The highest BCUT2D eigenvalue weighted by Gasteiger charge is 2.47. The molecule has 0 radical (unpaired) electrons. The number of hydrogen-bond acceptors (Lipinski definition) is 9. The second-order valence-electron chi connectivity index (χ2n) is 13.1. The van der Waals surface area contributed by atoms with Gasteiger partial charge in [0, 0.05) is 31.2 Å². The number of amides is 4. The van der Waals surface area contributed by atoms with Crippen LogP contribution in [0.25, 0.3) is 21.7 Å². The molecule has 17 heteroatoms. The second-order valence-corrected chi connectivity index (χ2v) is 14.8. The molecule has 274 valence electrons. The summed E-state index contributed by atoms with van der Waals surface area (Å²) in [5, 5.41) is 8.15. The number of benzene rings is 3. The van der Waals surface area contributed by atoms with E-state index in [2.05, 4.69) is 10.5 Å². The van der Waals surface area contributed by atoms with Crippen molar-refractivity contribution in [3.8, 4) is 5.75 Å². The maximum Gasteiger partial charge on any atom is 0.363 e. The number of rotatable bonds is 7. The zero-order valence-electron chi connectivity index (χ0n) is 28.1. The summed E-state index contributed by atoms with van der Waals surface area (Å²) in [7, 11) is -3.59. The number of carbonyl (C=O) groups is 4. The van der Waals surface area contributed by atoms with E-state index in [1.807, 2.05) is 0 Å². The molecule has 0 aliphatic carbocycles. The molecule has 3 aliphatic rings. The fourth-order valence-corrected chi connectivity index (χ4v) is 7.79. The molecule has 3 N–H and O–H groups in total. The van der Waals surface area contributed by atoms with Crippen LogP contribution < -0.4 is 10.1 Å². The Morgan fingerprint density at radius 2 is 1.75 bits per heavy atom. The number of fused-ring (bicyclic) bond motifs is 3. The van der Waals surface area contributed by atoms with E-state index in [0.717, 1.165) is 0 Å². The summed E-state index contributed by atoms with van der Waals surface area (Å²) in [4.78, 5) is 79.6. The number of hydrogen-bond donors (Lipinski definition) is 3. The van der Waals surface area contributed by atoms with Crippen LogP contribution >= 0.6 is 7.60 Å². The molecule has 0 bridgehead atoms. The quantitative estimate of drug-likeness (QED) is 0.236. The minimum atomic E-state index is -5.08. The summed E-state index contributed by atoms with van der Waals surface area (Å²) in [6.07, 6.45) is 1.34. The lowest BCUT2D eigenvalue weighted by Crippen LogP contribution is -2.61. The standard InChI is InChI=1S/C35H37FN5O10P/c1-49-25-7-9-29-26(18-25)30(38-51-29)35(45)40-11-10-24-6-8-28(34(44)39-12-14-50-15-13-39)41(24)33(43)27(19-40)37-32(42)22-5-3-20-2-4-21(16-23(20)17-22)31(36)52(46,47)48/h2-5,7,9,16-18,24,27-28,31H,6,8,10-15,19H2,1H3,(H,37,42)(H2,46,47,48)/t24-,27+,28+,31?/m1/s1. The number of alkyl halides is 1. The maximum absolute atomic E-state index is 14.5. The Balaban J connectivity index is 1.20. The average Bonchev–Trinajstić information content (AvgIpc) is 3.77. The Kier molecular flexibility index (Phi) is 9.74. The largest absolute Gasteiger partial charge is 0.497 e. The first kappa shape index (κ1) is 35.5. The van der Waals surface area contributed by atoms with Gasteiger partial charge < -0.3 is 43.8 Å². The molecule has 3 aliphatic heterocycles. The van der Waals surface area contributed by atoms with Crippen molar-refractivity contribution in [2.45, 2.75) is 43.3 Å². The molecule has 4 amide bonds. The number of carbonyl (C=O) groups excluding carboxylic acids is 4. The summed E-state index contributed by atoms with van der Waals surface area (Å²) in [6.45, 7) is 1.55. The summed E-state index contributed by atoms with van der Waals surface area (Å²) in [5.41, 5.74) is 0.208. The van der Waals surface area contributed by atoms with Gasteiger partial charge in [-0.05, 0) is 72.0 Å². The van der Waals surface area contributed by atoms with Crippen LogP contribution in [0.15, 0.2) is 59.1 Å². The van der Waals surface area contributed by atoms with Crippen molar-refractivity contribution >= 4 is 53.0 Å². The number of nitrogens with zero attached hydrogens (tertiary/aromatic N) is 4. The van der Waals surface area contributed by atoms with Crippen LogP contribution in [0.2, 0.25) is 0 Å². The Labute approximate surface area is 296 Å². The van der Waals surface area contributed by atoms with Gasteiger partial charge in [-0.25, -0.2) is 4.39 Å². The molecule has 1 unspecified atom stereocenters. The second kappa shape index (κ2) is 14.3. The molecule has 3 fully saturated rings. The maximum atomic E-state index is 14.5. The van der Waals surface area contributed by atoms with Gasteiger partial charge in [0.2, 0.25) is 17.7 Å². The lowest BCUT2D eigenvalue weighted by Gasteiger charge is -2.40. The molecule has 52 heavy (non-hydrogen) atoms. The molecule has 4 aromatic rings. The van der Waals surface area contributed by atoms with Crippen molar-refractivity contribution in [1.82, 2.24) is 25.2 Å². The Bertz CT molecular complexity index is 2100. The van der Waals surface area contributed by atoms with Crippen LogP contribution in [0.5, 0.6) is 5.75 Å². The minimum absolute atomic E-state index is 0.0162. The molecule has 7 rings (SSSR count). The topological polar surface area (TPSA) is 192 Å². The van der Waals surface area contributed by atoms with Gasteiger partial charge >= 0.3 is 7.60 Å². The molecule has 3 aromatic carbocycles. The summed E-state index contributed by atoms with van der Waals surface area (Å²) >= 11 is 0. The highest BCUT2D eigenvalue weighted by atomic mass is 31.2. The Hall–Kier alpha value is -4.89. The lowest BCUT2D eigenvalue weighted by molar-refractivity contribution is -0.149. The third-order valence-corrected chi connectivity index (χ3v) is 10.9. The van der Waals surface area contributed by atoms with E-state index < -0.39 is 43.3 Å². The monoisotopic (exact) mass is 737 g/mol. The number of aromatic nitrogens is 1. The van der Waals surface area contributed by atoms with Gasteiger partial charge in [0.15, 0.2) is 11.3 Å². The normalized spacial score (nSPS) is 21.8. The third-order valence-electron chi connectivity index (χ3n) is 9.97. The van der Waals surface area contributed by atoms with Gasteiger partial charge in [0.25, 0.3) is 11.8 Å². The van der Waals surface area contributed by atoms with Crippen molar-refractivity contribution in [2.75, 3.05) is 46.5 Å². The zero-order chi connectivity index (χ0) is 36.7. The van der Waals surface area contributed by atoms with E-state index in [-0.39, 0.29) is 41.9 Å².